The van der Waals surface area contributed by atoms with Gasteiger partial charge in [0.1, 0.15) is 5.25 Å². The van der Waals surface area contributed by atoms with E-state index in [4.69, 9.17) is 9.84 Å². The van der Waals surface area contributed by atoms with Crippen LogP contribution in [0.2, 0.25) is 0 Å². The lowest BCUT2D eigenvalue weighted by Gasteiger charge is -2.21. The molecule has 1 heterocycles. The minimum absolute atomic E-state index is 0.236. The van der Waals surface area contributed by atoms with Crippen LogP contribution in [-0.4, -0.2) is 40.2 Å². The predicted molar refractivity (Wildman–Crippen MR) is 109 cm³/mol. The Hall–Kier alpha value is -2.19. The summed E-state index contributed by atoms with van der Waals surface area (Å²) in [5.41, 5.74) is 1.95. The first-order chi connectivity index (χ1) is 13.6. The van der Waals surface area contributed by atoms with Crippen LogP contribution in [0, 0.1) is 5.92 Å². The average molecular weight is 404 g/mol. The van der Waals surface area contributed by atoms with Crippen LogP contribution >= 0.6 is 11.8 Å². The molecule has 1 saturated carbocycles. The van der Waals surface area contributed by atoms with E-state index >= 15 is 0 Å². The normalized spacial score (nSPS) is 22.1. The van der Waals surface area contributed by atoms with Gasteiger partial charge in [-0.25, -0.2) is 0 Å². The summed E-state index contributed by atoms with van der Waals surface area (Å²) >= 11 is 1.09. The van der Waals surface area contributed by atoms with Crippen molar-refractivity contribution in [3.8, 4) is 0 Å². The lowest BCUT2D eigenvalue weighted by molar-refractivity contribution is -0.138. The maximum Gasteiger partial charge on any atom is 0.305 e. The number of ether oxygens (including phenoxy) is 1. The number of carboxylic acids is 1. The maximum absolute atomic E-state index is 11.7. The Morgan fingerprint density at radius 3 is 2.86 bits per heavy atom. The highest BCUT2D eigenvalue weighted by Crippen LogP contribution is 2.24. The molecule has 0 bridgehead atoms. The van der Waals surface area contributed by atoms with E-state index in [1.165, 1.54) is 32.1 Å². The minimum atomic E-state index is -1.01. The fourth-order valence-corrected chi connectivity index (χ4v) is 4.28. The lowest BCUT2D eigenvalue weighted by Crippen LogP contribution is -2.26. The second-order valence-electron chi connectivity index (χ2n) is 7.06. The zero-order chi connectivity index (χ0) is 19.8. The summed E-state index contributed by atoms with van der Waals surface area (Å²) in [5.74, 6) is -0.694. The van der Waals surface area contributed by atoms with E-state index in [1.54, 1.807) is 6.21 Å². The number of thioether (sulfide) groups is 1. The number of aliphatic carboxylic acids is 1. The highest BCUT2D eigenvalue weighted by molar-refractivity contribution is 8.15. The molecule has 1 amide bonds. The number of carbonyl (C=O) groups excluding carboxylic acids is 1. The van der Waals surface area contributed by atoms with Crippen LogP contribution in [0.3, 0.4) is 0 Å². The number of amides is 1. The van der Waals surface area contributed by atoms with Crippen LogP contribution in [0.4, 0.5) is 0 Å². The highest BCUT2D eigenvalue weighted by Gasteiger charge is 2.32. The van der Waals surface area contributed by atoms with Crippen LogP contribution in [0.1, 0.15) is 49.7 Å². The SMILES string of the molecule is O=C(O)CC1SC(=NN=Cc2ccccc2COCC2CCCCC2)NC1=O. The van der Waals surface area contributed by atoms with Gasteiger partial charge >= 0.3 is 5.97 Å². The molecule has 150 valence electrons. The van der Waals surface area contributed by atoms with Gasteiger partial charge in [-0.3, -0.25) is 9.59 Å². The molecule has 1 aromatic rings. The lowest BCUT2D eigenvalue weighted by atomic mass is 9.90. The van der Waals surface area contributed by atoms with Crippen LogP contribution in [0.25, 0.3) is 0 Å². The summed E-state index contributed by atoms with van der Waals surface area (Å²) in [6.45, 7) is 1.32. The maximum atomic E-state index is 11.7. The van der Waals surface area contributed by atoms with Gasteiger partial charge < -0.3 is 15.2 Å². The number of nitrogens with zero attached hydrogens (tertiary/aromatic N) is 2. The molecular formula is C20H25N3O4S. The second-order valence-corrected chi connectivity index (χ2v) is 8.25. The van der Waals surface area contributed by atoms with Gasteiger partial charge in [-0.05, 0) is 24.3 Å². The largest absolute Gasteiger partial charge is 0.481 e. The fraction of sp³-hybridized carbons (Fsp3) is 0.500. The highest BCUT2D eigenvalue weighted by atomic mass is 32.2. The van der Waals surface area contributed by atoms with Gasteiger partial charge in [-0.15, -0.1) is 5.10 Å². The van der Waals surface area contributed by atoms with Gasteiger partial charge in [0, 0.05) is 12.2 Å². The molecule has 2 fully saturated rings. The van der Waals surface area contributed by atoms with E-state index < -0.39 is 11.2 Å². The number of carboxylic acid groups (broad SMARTS) is 1. The van der Waals surface area contributed by atoms with Crippen LogP contribution in [0.15, 0.2) is 34.5 Å². The van der Waals surface area contributed by atoms with Gasteiger partial charge in [0.25, 0.3) is 0 Å². The van der Waals surface area contributed by atoms with Crippen molar-refractivity contribution in [2.75, 3.05) is 6.61 Å². The smallest absolute Gasteiger partial charge is 0.305 e. The van der Waals surface area contributed by atoms with Crippen LogP contribution in [0.5, 0.6) is 0 Å². The first-order valence-corrected chi connectivity index (χ1v) is 10.5. The molecular weight excluding hydrogens is 378 g/mol. The topological polar surface area (TPSA) is 100 Å². The zero-order valence-electron chi connectivity index (χ0n) is 15.7. The van der Waals surface area contributed by atoms with Crippen molar-refractivity contribution in [2.24, 2.45) is 16.1 Å². The molecule has 1 aliphatic heterocycles. The van der Waals surface area contributed by atoms with Crippen LogP contribution in [-0.2, 0) is 20.9 Å². The standard InChI is InChI=1S/C20H25N3O4S/c24-18(25)10-17-19(26)22-20(28-17)23-21-11-15-8-4-5-9-16(15)13-27-12-14-6-2-1-3-7-14/h4-5,8-9,11,14,17H,1-3,6-7,10,12-13H2,(H,24,25)(H,22,23,26). The molecule has 2 N–H and O–H groups in total. The Morgan fingerprint density at radius 2 is 2.07 bits per heavy atom. The third kappa shape index (κ3) is 6.17. The summed E-state index contributed by atoms with van der Waals surface area (Å²) in [7, 11) is 0. The number of hydrogen-bond donors (Lipinski definition) is 2. The number of hydrogen-bond acceptors (Lipinski definition) is 6. The van der Waals surface area contributed by atoms with Gasteiger partial charge in [0.2, 0.25) is 5.91 Å². The molecule has 1 aromatic carbocycles. The Balaban J connectivity index is 1.54. The Morgan fingerprint density at radius 1 is 1.29 bits per heavy atom. The molecule has 3 rings (SSSR count). The molecule has 2 aliphatic rings. The van der Waals surface area contributed by atoms with Gasteiger partial charge in [0.15, 0.2) is 5.17 Å². The van der Waals surface area contributed by atoms with E-state index in [0.717, 1.165) is 29.5 Å². The van der Waals surface area contributed by atoms with Crippen molar-refractivity contribution in [1.29, 1.82) is 0 Å². The number of carbonyl (C=O) groups is 2. The van der Waals surface area contributed by atoms with Crippen LogP contribution < -0.4 is 5.32 Å². The third-order valence-electron chi connectivity index (χ3n) is 4.87. The van der Waals surface area contributed by atoms with Crippen molar-refractivity contribution < 1.29 is 19.4 Å². The second kappa shape index (κ2) is 10.4. The molecule has 1 atom stereocenters. The summed E-state index contributed by atoms with van der Waals surface area (Å²) in [6.07, 6.45) is 7.86. The van der Waals surface area contributed by atoms with Gasteiger partial charge in [-0.1, -0.05) is 55.3 Å². The summed E-state index contributed by atoms with van der Waals surface area (Å²) in [6, 6.07) is 7.83. The molecule has 1 aliphatic carbocycles. The van der Waals surface area contributed by atoms with E-state index in [9.17, 15) is 9.59 Å². The van der Waals surface area contributed by atoms with Crippen molar-refractivity contribution in [3.05, 3.63) is 35.4 Å². The Kier molecular flexibility index (Phi) is 7.62. The van der Waals surface area contributed by atoms with E-state index in [1.807, 2.05) is 24.3 Å². The van der Waals surface area contributed by atoms with Crippen molar-refractivity contribution in [1.82, 2.24) is 5.32 Å². The first kappa shape index (κ1) is 20.5. The number of rotatable bonds is 8. The quantitative estimate of drug-likeness (QED) is 0.513. The van der Waals surface area contributed by atoms with Crippen molar-refractivity contribution in [3.63, 3.8) is 0 Å². The molecule has 0 radical (unpaired) electrons. The molecule has 28 heavy (non-hydrogen) atoms. The summed E-state index contributed by atoms with van der Waals surface area (Å²) in [4.78, 5) is 22.5. The van der Waals surface area contributed by atoms with Gasteiger partial charge in [0.05, 0.1) is 19.2 Å². The summed E-state index contributed by atoms with van der Waals surface area (Å²) in [5, 5.41) is 19.1. The van der Waals surface area contributed by atoms with E-state index in [-0.39, 0.29) is 12.3 Å². The minimum Gasteiger partial charge on any atom is -0.481 e. The fourth-order valence-electron chi connectivity index (χ4n) is 3.37. The average Bonchev–Trinajstić information content (AvgIpc) is 3.02. The number of amidine groups is 1. The molecule has 0 spiro atoms. The third-order valence-corrected chi connectivity index (χ3v) is 5.95. The monoisotopic (exact) mass is 403 g/mol. The first-order valence-electron chi connectivity index (χ1n) is 9.58. The number of nitrogens with one attached hydrogen (secondary N) is 1. The zero-order valence-corrected chi connectivity index (χ0v) is 16.5. The van der Waals surface area contributed by atoms with Crippen molar-refractivity contribution in [2.45, 2.75) is 50.4 Å². The molecule has 1 saturated heterocycles. The predicted octanol–water partition coefficient (Wildman–Crippen LogP) is 3.18. The summed E-state index contributed by atoms with van der Waals surface area (Å²) < 4.78 is 5.93. The van der Waals surface area contributed by atoms with Crippen molar-refractivity contribution >= 4 is 35.0 Å². The molecule has 0 aromatic heterocycles. The number of benzene rings is 1. The van der Waals surface area contributed by atoms with Gasteiger partial charge in [-0.2, -0.15) is 5.10 Å². The van der Waals surface area contributed by atoms with E-state index in [2.05, 4.69) is 15.5 Å². The van der Waals surface area contributed by atoms with E-state index in [0.29, 0.717) is 17.7 Å². The molecule has 8 heteroatoms. The molecule has 7 nitrogen and oxygen atoms in total. The Bertz CT molecular complexity index is 760. The molecule has 1 unspecified atom stereocenters. The Labute approximate surface area is 168 Å².